The summed E-state index contributed by atoms with van der Waals surface area (Å²) in [5.74, 6) is -0.211. The minimum absolute atomic E-state index is 0.211. The van der Waals surface area contributed by atoms with Crippen molar-refractivity contribution in [1.82, 2.24) is 4.98 Å². The number of fused-ring (bicyclic) bond motifs is 1. The van der Waals surface area contributed by atoms with Crippen molar-refractivity contribution in [3.05, 3.63) is 69.8 Å². The number of benzene rings is 2. The number of aromatic nitrogens is 1. The third-order valence-electron chi connectivity index (χ3n) is 3.06. The number of anilines is 1. The van der Waals surface area contributed by atoms with Crippen LogP contribution in [0.5, 0.6) is 0 Å². The number of carbonyl (C=O) groups is 1. The zero-order valence-corrected chi connectivity index (χ0v) is 13.1. The van der Waals surface area contributed by atoms with Gasteiger partial charge in [-0.15, -0.1) is 0 Å². The summed E-state index contributed by atoms with van der Waals surface area (Å²) in [7, 11) is 0. The first-order chi connectivity index (χ1) is 10.1. The quantitative estimate of drug-likeness (QED) is 0.705. The molecule has 2 aromatic carbocycles. The van der Waals surface area contributed by atoms with Gasteiger partial charge in [-0.2, -0.15) is 0 Å². The molecule has 1 aromatic heterocycles. The van der Waals surface area contributed by atoms with Crippen LogP contribution in [0, 0.1) is 0 Å². The fourth-order valence-electron chi connectivity index (χ4n) is 2.07. The number of nitrogens with zero attached hydrogens (tertiary/aromatic N) is 1. The first-order valence-corrected chi connectivity index (χ1v) is 7.42. The van der Waals surface area contributed by atoms with E-state index in [1.54, 1.807) is 24.4 Å². The van der Waals surface area contributed by atoms with Crippen molar-refractivity contribution in [3.63, 3.8) is 0 Å². The number of nitrogens with one attached hydrogen (secondary N) is 1. The smallest absolute Gasteiger partial charge is 0.256 e. The number of hydrogen-bond acceptors (Lipinski definition) is 2. The molecule has 3 nitrogen and oxygen atoms in total. The van der Waals surface area contributed by atoms with Gasteiger partial charge in [0.15, 0.2) is 0 Å². The Morgan fingerprint density at radius 3 is 2.76 bits per heavy atom. The fraction of sp³-hybridized carbons (Fsp3) is 0. The topological polar surface area (TPSA) is 42.0 Å². The van der Waals surface area contributed by atoms with E-state index >= 15 is 0 Å². The minimum Gasteiger partial charge on any atom is -0.320 e. The Hall–Kier alpha value is -1.91. The van der Waals surface area contributed by atoms with E-state index in [1.165, 1.54) is 0 Å². The van der Waals surface area contributed by atoms with Crippen LogP contribution >= 0.6 is 27.5 Å². The van der Waals surface area contributed by atoms with Crippen molar-refractivity contribution < 1.29 is 4.79 Å². The average molecular weight is 362 g/mol. The lowest BCUT2D eigenvalue weighted by atomic mass is 10.1. The van der Waals surface area contributed by atoms with Gasteiger partial charge >= 0.3 is 0 Å². The second-order valence-corrected chi connectivity index (χ2v) is 5.75. The van der Waals surface area contributed by atoms with Crippen molar-refractivity contribution in [2.24, 2.45) is 0 Å². The molecule has 0 radical (unpaired) electrons. The number of para-hydroxylation sites is 1. The maximum atomic E-state index is 12.4. The normalized spacial score (nSPS) is 10.6. The Morgan fingerprint density at radius 2 is 1.95 bits per heavy atom. The van der Waals surface area contributed by atoms with E-state index < -0.39 is 0 Å². The van der Waals surface area contributed by atoms with E-state index in [0.717, 1.165) is 10.9 Å². The molecule has 5 heteroatoms. The molecule has 0 atom stereocenters. The second-order valence-electron chi connectivity index (χ2n) is 4.46. The second kappa shape index (κ2) is 5.84. The van der Waals surface area contributed by atoms with Crippen LogP contribution in [0.15, 0.2) is 59.2 Å². The molecule has 3 aromatic rings. The summed E-state index contributed by atoms with van der Waals surface area (Å²) in [5.41, 5.74) is 1.96. The highest BCUT2D eigenvalue weighted by Gasteiger charge is 2.12. The molecule has 0 fully saturated rings. The van der Waals surface area contributed by atoms with E-state index in [9.17, 15) is 4.79 Å². The van der Waals surface area contributed by atoms with Gasteiger partial charge in [-0.25, -0.2) is 0 Å². The van der Waals surface area contributed by atoms with Crippen molar-refractivity contribution in [2.45, 2.75) is 0 Å². The Balaban J connectivity index is 1.97. The summed E-state index contributed by atoms with van der Waals surface area (Å²) in [6, 6.07) is 14.5. The first-order valence-electron chi connectivity index (χ1n) is 6.25. The van der Waals surface area contributed by atoms with E-state index in [1.807, 2.05) is 30.3 Å². The minimum atomic E-state index is -0.211. The van der Waals surface area contributed by atoms with E-state index in [2.05, 4.69) is 26.2 Å². The molecular formula is C16H10BrClN2O. The maximum Gasteiger partial charge on any atom is 0.256 e. The van der Waals surface area contributed by atoms with Crippen molar-refractivity contribution in [1.29, 1.82) is 0 Å². The molecule has 0 unspecified atom stereocenters. The SMILES string of the molecule is O=C(Nc1cccc2cccnc12)c1ccc(Cl)cc1Br. The van der Waals surface area contributed by atoms with E-state index in [0.29, 0.717) is 20.7 Å². The molecular weight excluding hydrogens is 352 g/mol. The monoisotopic (exact) mass is 360 g/mol. The average Bonchev–Trinajstić information content (AvgIpc) is 2.47. The Bertz CT molecular complexity index is 830. The van der Waals surface area contributed by atoms with Crippen molar-refractivity contribution >= 4 is 50.0 Å². The molecule has 104 valence electrons. The summed E-state index contributed by atoms with van der Waals surface area (Å²) >= 11 is 9.24. The number of rotatable bonds is 2. The van der Waals surface area contributed by atoms with Crippen molar-refractivity contribution in [3.8, 4) is 0 Å². The number of carbonyl (C=O) groups excluding carboxylic acids is 1. The molecule has 21 heavy (non-hydrogen) atoms. The van der Waals surface area contributed by atoms with Gasteiger partial charge in [-0.05, 0) is 46.3 Å². The van der Waals surface area contributed by atoms with E-state index in [-0.39, 0.29) is 5.91 Å². The highest BCUT2D eigenvalue weighted by atomic mass is 79.9. The lowest BCUT2D eigenvalue weighted by molar-refractivity contribution is 0.102. The Labute approximate surface area is 135 Å². The molecule has 0 bridgehead atoms. The summed E-state index contributed by atoms with van der Waals surface area (Å²) in [6.45, 7) is 0. The third kappa shape index (κ3) is 2.91. The number of pyridine rings is 1. The van der Waals surface area contributed by atoms with Gasteiger partial charge < -0.3 is 5.32 Å². The van der Waals surface area contributed by atoms with E-state index in [4.69, 9.17) is 11.6 Å². The summed E-state index contributed by atoms with van der Waals surface area (Å²) in [5, 5.41) is 4.44. The number of hydrogen-bond donors (Lipinski definition) is 1. The molecule has 0 aliphatic heterocycles. The van der Waals surface area contributed by atoms with Gasteiger partial charge in [0.1, 0.15) is 0 Å². The number of halogens is 2. The molecule has 3 rings (SSSR count). The van der Waals surface area contributed by atoms with Crippen LogP contribution in [0.4, 0.5) is 5.69 Å². The fourth-order valence-corrected chi connectivity index (χ4v) is 2.93. The summed E-state index contributed by atoms with van der Waals surface area (Å²) in [6.07, 6.45) is 1.70. The van der Waals surface area contributed by atoms with Gasteiger partial charge in [-0.1, -0.05) is 29.8 Å². The molecule has 1 heterocycles. The predicted octanol–water partition coefficient (Wildman–Crippen LogP) is 4.90. The van der Waals surface area contributed by atoms with Crippen LogP contribution in [-0.2, 0) is 0 Å². The first kappa shape index (κ1) is 14.0. The molecule has 1 amide bonds. The summed E-state index contributed by atoms with van der Waals surface area (Å²) < 4.78 is 0.653. The standard InChI is InChI=1S/C16H10BrClN2O/c17-13-9-11(18)6-7-12(13)16(21)20-14-5-1-3-10-4-2-8-19-15(10)14/h1-9H,(H,20,21). The lowest BCUT2D eigenvalue weighted by Crippen LogP contribution is -2.13. The number of amides is 1. The zero-order chi connectivity index (χ0) is 14.8. The van der Waals surface area contributed by atoms with Crippen LogP contribution in [-0.4, -0.2) is 10.9 Å². The predicted molar refractivity (Wildman–Crippen MR) is 88.8 cm³/mol. The molecule has 0 aliphatic carbocycles. The largest absolute Gasteiger partial charge is 0.320 e. The summed E-state index contributed by atoms with van der Waals surface area (Å²) in [4.78, 5) is 16.7. The lowest BCUT2D eigenvalue weighted by Gasteiger charge is -2.09. The Kier molecular flexibility index (Phi) is 3.90. The van der Waals surface area contributed by atoms with Crippen LogP contribution in [0.1, 0.15) is 10.4 Å². The molecule has 0 aliphatic rings. The zero-order valence-electron chi connectivity index (χ0n) is 10.8. The van der Waals surface area contributed by atoms with Crippen LogP contribution < -0.4 is 5.32 Å². The molecule has 0 saturated carbocycles. The molecule has 1 N–H and O–H groups in total. The third-order valence-corrected chi connectivity index (χ3v) is 3.95. The van der Waals surface area contributed by atoms with Gasteiger partial charge in [0.25, 0.3) is 5.91 Å². The highest BCUT2D eigenvalue weighted by Crippen LogP contribution is 2.25. The molecule has 0 spiro atoms. The van der Waals surface area contributed by atoms with Gasteiger partial charge in [0.2, 0.25) is 0 Å². The molecule has 0 saturated heterocycles. The van der Waals surface area contributed by atoms with Gasteiger partial charge in [0, 0.05) is 21.1 Å². The van der Waals surface area contributed by atoms with Crippen LogP contribution in [0.2, 0.25) is 5.02 Å². The maximum absolute atomic E-state index is 12.4. The van der Waals surface area contributed by atoms with Crippen molar-refractivity contribution in [2.75, 3.05) is 5.32 Å². The Morgan fingerprint density at radius 1 is 1.14 bits per heavy atom. The van der Waals surface area contributed by atoms with Crippen LogP contribution in [0.25, 0.3) is 10.9 Å². The van der Waals surface area contributed by atoms with Gasteiger partial charge in [0.05, 0.1) is 16.8 Å². The van der Waals surface area contributed by atoms with Gasteiger partial charge in [-0.3, -0.25) is 9.78 Å². The van der Waals surface area contributed by atoms with Crippen LogP contribution in [0.3, 0.4) is 0 Å². The highest BCUT2D eigenvalue weighted by molar-refractivity contribution is 9.10.